The van der Waals surface area contributed by atoms with Gasteiger partial charge in [-0.1, -0.05) is 35.3 Å². The highest BCUT2D eigenvalue weighted by atomic mass is 35.5. The van der Waals surface area contributed by atoms with Crippen LogP contribution in [0.5, 0.6) is 5.75 Å². The molecule has 9 heteroatoms. The molecule has 0 bridgehead atoms. The molecule has 0 saturated carbocycles. The molecule has 7 nitrogen and oxygen atoms in total. The van der Waals surface area contributed by atoms with Crippen molar-refractivity contribution in [2.45, 2.75) is 0 Å². The average molecular weight is 453 g/mol. The van der Waals surface area contributed by atoms with E-state index in [4.69, 9.17) is 27.9 Å². The van der Waals surface area contributed by atoms with E-state index >= 15 is 0 Å². The van der Waals surface area contributed by atoms with Gasteiger partial charge in [0.15, 0.2) is 0 Å². The molecule has 0 unspecified atom stereocenters. The first-order valence-corrected chi connectivity index (χ1v) is 10.1. The number of nitrogens with zero attached hydrogens (tertiary/aromatic N) is 3. The van der Waals surface area contributed by atoms with Crippen LogP contribution in [0.2, 0.25) is 10.0 Å². The standard InChI is InChI=1S/C22H18Cl2N6O/c1-31-19-10-8-16(9-11-19)25-20-28-21(26-17-6-2-4-14(23)12-17)30-22(29-20)27-18-7-3-5-15(24)13-18/h2-13H,1H3,(H3,25,26,27,28,29,30). The largest absolute Gasteiger partial charge is 0.497 e. The lowest BCUT2D eigenvalue weighted by Crippen LogP contribution is -2.07. The quantitative estimate of drug-likeness (QED) is 0.298. The summed E-state index contributed by atoms with van der Waals surface area (Å²) in [6, 6.07) is 22.0. The molecule has 0 fully saturated rings. The number of halogens is 2. The Labute approximate surface area is 189 Å². The van der Waals surface area contributed by atoms with E-state index in [0.29, 0.717) is 27.9 Å². The van der Waals surface area contributed by atoms with Gasteiger partial charge in [0.25, 0.3) is 0 Å². The SMILES string of the molecule is COc1ccc(Nc2nc(Nc3cccc(Cl)c3)nc(Nc3cccc(Cl)c3)n2)cc1. The molecular weight excluding hydrogens is 435 g/mol. The molecule has 0 aliphatic heterocycles. The zero-order valence-corrected chi connectivity index (χ0v) is 17.9. The van der Waals surface area contributed by atoms with E-state index in [0.717, 1.165) is 22.8 Å². The van der Waals surface area contributed by atoms with Crippen molar-refractivity contribution in [2.24, 2.45) is 0 Å². The zero-order valence-electron chi connectivity index (χ0n) is 16.4. The second-order valence-corrected chi connectivity index (χ2v) is 7.30. The summed E-state index contributed by atoms with van der Waals surface area (Å²) in [5.74, 6) is 1.80. The second-order valence-electron chi connectivity index (χ2n) is 6.43. The number of hydrogen-bond acceptors (Lipinski definition) is 7. The van der Waals surface area contributed by atoms with Crippen LogP contribution < -0.4 is 20.7 Å². The molecular formula is C22H18Cl2N6O. The van der Waals surface area contributed by atoms with Crippen molar-refractivity contribution in [3.8, 4) is 5.75 Å². The average Bonchev–Trinajstić information content (AvgIpc) is 2.74. The van der Waals surface area contributed by atoms with Gasteiger partial charge in [-0.15, -0.1) is 0 Å². The number of benzene rings is 3. The maximum Gasteiger partial charge on any atom is 0.233 e. The highest BCUT2D eigenvalue weighted by molar-refractivity contribution is 6.31. The number of hydrogen-bond donors (Lipinski definition) is 3. The van der Waals surface area contributed by atoms with Gasteiger partial charge in [0.05, 0.1) is 7.11 Å². The Morgan fingerprint density at radius 3 is 1.48 bits per heavy atom. The summed E-state index contributed by atoms with van der Waals surface area (Å²) in [6.45, 7) is 0. The number of rotatable bonds is 7. The van der Waals surface area contributed by atoms with Gasteiger partial charge < -0.3 is 20.7 Å². The minimum atomic E-state index is 0.345. The number of methoxy groups -OCH3 is 1. The third kappa shape index (κ3) is 5.75. The first-order valence-electron chi connectivity index (χ1n) is 9.30. The van der Waals surface area contributed by atoms with Gasteiger partial charge in [0.2, 0.25) is 17.8 Å². The van der Waals surface area contributed by atoms with Crippen LogP contribution in [0.4, 0.5) is 34.9 Å². The Hall–Kier alpha value is -3.55. The third-order valence-corrected chi connectivity index (χ3v) is 4.61. The summed E-state index contributed by atoms with van der Waals surface area (Å²) >= 11 is 12.2. The highest BCUT2D eigenvalue weighted by Crippen LogP contribution is 2.24. The van der Waals surface area contributed by atoms with Gasteiger partial charge in [-0.3, -0.25) is 0 Å². The van der Waals surface area contributed by atoms with E-state index < -0.39 is 0 Å². The monoisotopic (exact) mass is 452 g/mol. The van der Waals surface area contributed by atoms with Crippen LogP contribution in [0, 0.1) is 0 Å². The number of nitrogens with one attached hydrogen (secondary N) is 3. The molecule has 0 aliphatic carbocycles. The summed E-state index contributed by atoms with van der Waals surface area (Å²) in [6.07, 6.45) is 0. The molecule has 0 amide bonds. The van der Waals surface area contributed by atoms with Gasteiger partial charge >= 0.3 is 0 Å². The molecule has 4 rings (SSSR count). The van der Waals surface area contributed by atoms with Crippen molar-refractivity contribution in [3.63, 3.8) is 0 Å². The molecule has 3 aromatic carbocycles. The van der Waals surface area contributed by atoms with E-state index in [1.807, 2.05) is 48.5 Å². The van der Waals surface area contributed by atoms with Crippen molar-refractivity contribution < 1.29 is 4.74 Å². The summed E-state index contributed by atoms with van der Waals surface area (Å²) in [5, 5.41) is 10.7. The molecule has 0 aliphatic rings. The molecule has 3 N–H and O–H groups in total. The topological polar surface area (TPSA) is 84.0 Å². The van der Waals surface area contributed by atoms with Crippen LogP contribution in [-0.2, 0) is 0 Å². The molecule has 0 atom stereocenters. The summed E-state index contributed by atoms with van der Waals surface area (Å²) < 4.78 is 5.20. The molecule has 0 spiro atoms. The Balaban J connectivity index is 1.64. The van der Waals surface area contributed by atoms with Crippen molar-refractivity contribution >= 4 is 58.1 Å². The fourth-order valence-electron chi connectivity index (χ4n) is 2.74. The normalized spacial score (nSPS) is 10.4. The van der Waals surface area contributed by atoms with Crippen LogP contribution in [0.25, 0.3) is 0 Å². The van der Waals surface area contributed by atoms with Crippen LogP contribution in [0.3, 0.4) is 0 Å². The molecule has 1 aromatic heterocycles. The van der Waals surface area contributed by atoms with Crippen LogP contribution in [0.1, 0.15) is 0 Å². The Kier molecular flexibility index (Phi) is 6.35. The van der Waals surface area contributed by atoms with E-state index in [-0.39, 0.29) is 0 Å². The lowest BCUT2D eigenvalue weighted by Gasteiger charge is -2.12. The lowest BCUT2D eigenvalue weighted by molar-refractivity contribution is 0.415. The molecule has 4 aromatic rings. The molecule has 1 heterocycles. The first kappa shape index (κ1) is 20.7. The third-order valence-electron chi connectivity index (χ3n) is 4.14. The first-order chi connectivity index (χ1) is 15.1. The van der Waals surface area contributed by atoms with Crippen molar-refractivity contribution in [1.29, 1.82) is 0 Å². The number of ether oxygens (including phenoxy) is 1. The second kappa shape index (κ2) is 9.51. The Morgan fingerprint density at radius 2 is 1.06 bits per heavy atom. The minimum absolute atomic E-state index is 0.345. The summed E-state index contributed by atoms with van der Waals surface area (Å²) in [4.78, 5) is 13.4. The molecule has 0 saturated heterocycles. The molecule has 0 radical (unpaired) electrons. The van der Waals surface area contributed by atoms with Crippen LogP contribution >= 0.6 is 23.2 Å². The van der Waals surface area contributed by atoms with Gasteiger partial charge in [0.1, 0.15) is 5.75 Å². The van der Waals surface area contributed by atoms with Crippen LogP contribution in [0.15, 0.2) is 72.8 Å². The van der Waals surface area contributed by atoms with Gasteiger partial charge in [-0.25, -0.2) is 0 Å². The highest BCUT2D eigenvalue weighted by Gasteiger charge is 2.09. The Bertz CT molecular complexity index is 1120. The lowest BCUT2D eigenvalue weighted by atomic mass is 10.3. The maximum atomic E-state index is 6.09. The minimum Gasteiger partial charge on any atom is -0.497 e. The van der Waals surface area contributed by atoms with E-state index in [9.17, 15) is 0 Å². The number of aromatic nitrogens is 3. The number of anilines is 6. The fraction of sp³-hybridized carbons (Fsp3) is 0.0455. The summed E-state index contributed by atoms with van der Waals surface area (Å²) in [7, 11) is 1.62. The Morgan fingerprint density at radius 1 is 0.613 bits per heavy atom. The van der Waals surface area contributed by atoms with Gasteiger partial charge in [0, 0.05) is 27.1 Å². The van der Waals surface area contributed by atoms with Crippen molar-refractivity contribution in [1.82, 2.24) is 15.0 Å². The smallest absolute Gasteiger partial charge is 0.233 e. The molecule has 156 valence electrons. The maximum absolute atomic E-state index is 6.09. The summed E-state index contributed by atoms with van der Waals surface area (Å²) in [5.41, 5.74) is 2.31. The van der Waals surface area contributed by atoms with Crippen LogP contribution in [-0.4, -0.2) is 22.1 Å². The fourth-order valence-corrected chi connectivity index (χ4v) is 3.12. The van der Waals surface area contributed by atoms with Crippen molar-refractivity contribution in [3.05, 3.63) is 82.8 Å². The van der Waals surface area contributed by atoms with Gasteiger partial charge in [-0.05, 0) is 60.7 Å². The predicted octanol–water partition coefficient (Wildman–Crippen LogP) is 6.42. The molecule has 31 heavy (non-hydrogen) atoms. The van der Waals surface area contributed by atoms with Gasteiger partial charge in [-0.2, -0.15) is 15.0 Å². The van der Waals surface area contributed by atoms with E-state index in [1.165, 1.54) is 0 Å². The zero-order chi connectivity index (χ0) is 21.6. The van der Waals surface area contributed by atoms with E-state index in [1.54, 1.807) is 31.4 Å². The van der Waals surface area contributed by atoms with E-state index in [2.05, 4.69) is 30.9 Å². The predicted molar refractivity (Wildman–Crippen MR) is 126 cm³/mol. The van der Waals surface area contributed by atoms with Crippen molar-refractivity contribution in [2.75, 3.05) is 23.1 Å².